The smallest absolute Gasteiger partial charge is 0.232 e. The van der Waals surface area contributed by atoms with Crippen LogP contribution in [-0.2, 0) is 17.3 Å². The zero-order valence-corrected chi connectivity index (χ0v) is 17.0. The molecule has 0 spiro atoms. The Hall–Kier alpha value is -2.62. The second kappa shape index (κ2) is 9.25. The van der Waals surface area contributed by atoms with Crippen LogP contribution in [0.1, 0.15) is 27.9 Å². The molecule has 152 valence electrons. The molecule has 0 aliphatic rings. The lowest BCUT2D eigenvalue weighted by Crippen LogP contribution is -2.13. The van der Waals surface area contributed by atoms with E-state index in [0.717, 1.165) is 0 Å². The number of hydrogen-bond donors (Lipinski definition) is 2. The molecule has 3 aromatic rings. The van der Waals surface area contributed by atoms with E-state index in [9.17, 15) is 17.6 Å². The van der Waals surface area contributed by atoms with E-state index in [4.69, 9.17) is 16.3 Å². The van der Waals surface area contributed by atoms with Gasteiger partial charge in [-0.1, -0.05) is 17.7 Å². The number of aryl methyl sites for hydroxylation is 1. The first-order valence-corrected chi connectivity index (χ1v) is 10.2. The lowest BCUT2D eigenvalue weighted by molar-refractivity contribution is 0.103. The van der Waals surface area contributed by atoms with Crippen molar-refractivity contribution in [2.45, 2.75) is 12.8 Å². The lowest BCUT2D eigenvalue weighted by atomic mass is 9.98. The highest BCUT2D eigenvalue weighted by atomic mass is 35.5. The number of thiol groups is 1. The minimum Gasteiger partial charge on any atom is -0.480 e. The molecule has 0 atom stereocenters. The zero-order valence-electron chi connectivity index (χ0n) is 15.3. The summed E-state index contributed by atoms with van der Waals surface area (Å²) in [6.45, 7) is 0.223. The van der Waals surface area contributed by atoms with Crippen molar-refractivity contribution in [2.24, 2.45) is 0 Å². The predicted octanol–water partition coefficient (Wildman–Crippen LogP) is 2.71. The fraction of sp³-hybridized carbons (Fsp3) is 0.211. The van der Waals surface area contributed by atoms with Crippen molar-refractivity contribution in [3.8, 4) is 5.88 Å². The van der Waals surface area contributed by atoms with E-state index in [2.05, 4.69) is 14.7 Å². The van der Waals surface area contributed by atoms with Crippen LogP contribution >= 0.6 is 11.6 Å². The molecule has 0 fully saturated rings. The van der Waals surface area contributed by atoms with Crippen LogP contribution < -0.4 is 9.46 Å². The summed E-state index contributed by atoms with van der Waals surface area (Å²) in [6.07, 6.45) is 2.30. The Morgan fingerprint density at radius 2 is 2.03 bits per heavy atom. The van der Waals surface area contributed by atoms with E-state index in [-0.39, 0.29) is 22.7 Å². The molecule has 0 aliphatic heterocycles. The quantitative estimate of drug-likeness (QED) is 0.319. The van der Waals surface area contributed by atoms with Crippen molar-refractivity contribution < 1.29 is 22.3 Å². The summed E-state index contributed by atoms with van der Waals surface area (Å²) in [5.74, 6) is -1.02. The predicted molar refractivity (Wildman–Crippen MR) is 108 cm³/mol. The summed E-state index contributed by atoms with van der Waals surface area (Å²) in [7, 11) is -1.22. The maximum atomic E-state index is 14.4. The fourth-order valence-corrected chi connectivity index (χ4v) is 3.50. The number of nitrogens with one attached hydrogen (secondary N) is 1. The molecule has 0 bridgehead atoms. The molecular formula is C19H17ClFN3O4S. The van der Waals surface area contributed by atoms with Crippen molar-refractivity contribution in [3.05, 3.63) is 64.1 Å². The SMILES string of the molecule is COc1cnc2ccc(C(=O)c3c(F)ccc(CCCN[SH](=O)=O)c3Cl)cc2n1. The van der Waals surface area contributed by atoms with Crippen LogP contribution in [0.5, 0.6) is 5.88 Å². The van der Waals surface area contributed by atoms with Crippen LogP contribution in [0.3, 0.4) is 0 Å². The van der Waals surface area contributed by atoms with Gasteiger partial charge in [0.1, 0.15) is 5.82 Å². The molecule has 1 aromatic heterocycles. The summed E-state index contributed by atoms with van der Waals surface area (Å²) < 4.78 is 42.9. The van der Waals surface area contributed by atoms with Crippen molar-refractivity contribution in [2.75, 3.05) is 13.7 Å². The van der Waals surface area contributed by atoms with Crippen LogP contribution in [0.15, 0.2) is 36.5 Å². The first-order valence-electron chi connectivity index (χ1n) is 8.61. The van der Waals surface area contributed by atoms with Gasteiger partial charge in [0.25, 0.3) is 0 Å². The van der Waals surface area contributed by atoms with E-state index in [1.807, 2.05) is 0 Å². The molecule has 1 N–H and O–H groups in total. The Labute approximate surface area is 173 Å². The number of fused-ring (bicyclic) bond motifs is 1. The molecule has 0 saturated heterocycles. The average molecular weight is 438 g/mol. The fourth-order valence-electron chi connectivity index (χ4n) is 2.82. The van der Waals surface area contributed by atoms with Gasteiger partial charge in [-0.15, -0.1) is 0 Å². The van der Waals surface area contributed by atoms with E-state index in [1.54, 1.807) is 6.07 Å². The molecule has 0 saturated carbocycles. The Morgan fingerprint density at radius 1 is 1.24 bits per heavy atom. The van der Waals surface area contributed by atoms with Crippen LogP contribution in [0.4, 0.5) is 4.39 Å². The third-order valence-electron chi connectivity index (χ3n) is 4.25. The second-order valence-electron chi connectivity index (χ2n) is 6.11. The zero-order chi connectivity index (χ0) is 21.0. The van der Waals surface area contributed by atoms with Gasteiger partial charge >= 0.3 is 0 Å². The van der Waals surface area contributed by atoms with Crippen molar-refractivity contribution in [3.63, 3.8) is 0 Å². The Morgan fingerprint density at radius 3 is 2.76 bits per heavy atom. The van der Waals surface area contributed by atoms with Gasteiger partial charge in [0.2, 0.25) is 16.8 Å². The molecular weight excluding hydrogens is 421 g/mol. The summed E-state index contributed by atoms with van der Waals surface area (Å²) in [4.78, 5) is 21.4. The van der Waals surface area contributed by atoms with Crippen LogP contribution in [0.25, 0.3) is 11.0 Å². The van der Waals surface area contributed by atoms with Gasteiger partial charge < -0.3 is 4.74 Å². The van der Waals surface area contributed by atoms with Crippen molar-refractivity contribution in [1.82, 2.24) is 14.7 Å². The highest BCUT2D eigenvalue weighted by Gasteiger charge is 2.21. The second-order valence-corrected chi connectivity index (χ2v) is 7.32. The normalized spacial score (nSPS) is 11.2. The highest BCUT2D eigenvalue weighted by molar-refractivity contribution is 7.70. The number of rotatable bonds is 8. The molecule has 0 unspecified atom stereocenters. The first kappa shape index (κ1) is 21.1. The average Bonchev–Trinajstić information content (AvgIpc) is 2.71. The van der Waals surface area contributed by atoms with E-state index < -0.39 is 22.5 Å². The maximum absolute atomic E-state index is 14.4. The molecule has 10 heteroatoms. The summed E-state index contributed by atoms with van der Waals surface area (Å²) >= 11 is 6.32. The number of carbonyl (C=O) groups is 1. The van der Waals surface area contributed by atoms with Gasteiger partial charge in [-0.05, 0) is 42.7 Å². The van der Waals surface area contributed by atoms with E-state index >= 15 is 0 Å². The molecule has 7 nitrogen and oxygen atoms in total. The molecule has 0 amide bonds. The monoisotopic (exact) mass is 437 g/mol. The number of benzene rings is 2. The van der Waals surface area contributed by atoms with Crippen molar-refractivity contribution >= 4 is 39.3 Å². The number of hydrogen-bond acceptors (Lipinski definition) is 6. The minimum absolute atomic E-state index is 0.0123. The van der Waals surface area contributed by atoms with Gasteiger partial charge in [0, 0.05) is 12.1 Å². The topological polar surface area (TPSA) is 98.2 Å². The van der Waals surface area contributed by atoms with Crippen molar-refractivity contribution in [1.29, 1.82) is 0 Å². The van der Waals surface area contributed by atoms with Crippen LogP contribution in [-0.4, -0.2) is 37.8 Å². The van der Waals surface area contributed by atoms with Gasteiger partial charge in [-0.25, -0.2) is 27.5 Å². The number of nitrogens with zero attached hydrogens (tertiary/aromatic N) is 2. The summed E-state index contributed by atoms with van der Waals surface area (Å²) in [6, 6.07) is 7.32. The summed E-state index contributed by atoms with van der Waals surface area (Å²) in [5.41, 5.74) is 1.53. The number of ether oxygens (including phenoxy) is 1. The Balaban J connectivity index is 1.91. The number of carbonyl (C=O) groups excluding carboxylic acids is 1. The number of methoxy groups -OCH3 is 1. The van der Waals surface area contributed by atoms with Gasteiger partial charge in [-0.3, -0.25) is 4.79 Å². The van der Waals surface area contributed by atoms with Gasteiger partial charge in [0.15, 0.2) is 5.78 Å². The first-order chi connectivity index (χ1) is 13.9. The molecule has 1 heterocycles. The highest BCUT2D eigenvalue weighted by Crippen LogP contribution is 2.28. The third kappa shape index (κ3) is 4.87. The molecule has 2 aromatic carbocycles. The third-order valence-corrected chi connectivity index (χ3v) is 5.17. The number of aromatic nitrogens is 2. The van der Waals surface area contributed by atoms with E-state index in [0.29, 0.717) is 35.3 Å². The van der Waals surface area contributed by atoms with Gasteiger partial charge in [-0.2, -0.15) is 0 Å². The Bertz CT molecular complexity index is 1150. The molecule has 29 heavy (non-hydrogen) atoms. The number of ketones is 1. The lowest BCUT2D eigenvalue weighted by Gasteiger charge is -2.11. The minimum atomic E-state index is -2.68. The Kier molecular flexibility index (Phi) is 6.73. The van der Waals surface area contributed by atoms with Crippen LogP contribution in [0, 0.1) is 5.82 Å². The van der Waals surface area contributed by atoms with Crippen LogP contribution in [0.2, 0.25) is 5.02 Å². The van der Waals surface area contributed by atoms with Gasteiger partial charge in [0.05, 0.1) is 34.9 Å². The molecule has 0 aliphatic carbocycles. The summed E-state index contributed by atoms with van der Waals surface area (Å²) in [5, 5.41) is 0.0123. The maximum Gasteiger partial charge on any atom is 0.232 e. The standard InChI is InChI=1S/C19H17ClFN3O4S/c1-28-16-10-22-14-7-5-12(9-15(14)24-16)19(25)17-13(21)6-4-11(18(17)20)3-2-8-23-29(26)27/h4-7,9-10,29H,2-3,8H2,1H3,(H,23,26,27). The molecule has 3 rings (SSSR count). The largest absolute Gasteiger partial charge is 0.480 e. The molecule has 0 radical (unpaired) electrons. The number of halogens is 2. The van der Waals surface area contributed by atoms with E-state index in [1.165, 1.54) is 37.6 Å².